The topological polar surface area (TPSA) is 35.2 Å². The number of hydrogen-bond acceptors (Lipinski definition) is 2. The van der Waals surface area contributed by atoms with Crippen molar-refractivity contribution in [2.24, 2.45) is 5.73 Å². The highest BCUT2D eigenvalue weighted by Crippen LogP contribution is 2.32. The average molecular weight is 198 g/mol. The molecule has 1 aromatic carbocycles. The van der Waals surface area contributed by atoms with E-state index >= 15 is 0 Å². The second-order valence-corrected chi connectivity index (χ2v) is 3.71. The number of ether oxygens (including phenoxy) is 1. The van der Waals surface area contributed by atoms with Crippen LogP contribution in [0.1, 0.15) is 12.0 Å². The highest BCUT2D eigenvalue weighted by atomic mass is 35.5. The van der Waals surface area contributed by atoms with Gasteiger partial charge in [0.25, 0.3) is 0 Å². The maximum Gasteiger partial charge on any atom is 0.124 e. The fraction of sp³-hybridized carbons (Fsp3) is 0.400. The molecular weight excluding hydrogens is 186 g/mol. The second-order valence-electron chi connectivity index (χ2n) is 3.27. The van der Waals surface area contributed by atoms with Gasteiger partial charge in [-0.25, -0.2) is 0 Å². The van der Waals surface area contributed by atoms with Crippen LogP contribution in [-0.4, -0.2) is 12.6 Å². The number of nitrogens with two attached hydrogens (primary N) is 1. The van der Waals surface area contributed by atoms with E-state index in [1.54, 1.807) is 0 Å². The first-order valence-electron chi connectivity index (χ1n) is 4.45. The zero-order valence-corrected chi connectivity index (χ0v) is 8.05. The van der Waals surface area contributed by atoms with Crippen LogP contribution in [-0.2, 0) is 6.42 Å². The average Bonchev–Trinajstić information content (AvgIpc) is 2.46. The van der Waals surface area contributed by atoms with Crippen LogP contribution in [0.25, 0.3) is 0 Å². The molecule has 70 valence electrons. The number of benzene rings is 1. The summed E-state index contributed by atoms with van der Waals surface area (Å²) in [5.74, 6) is 0.922. The van der Waals surface area contributed by atoms with Crippen molar-refractivity contribution in [1.82, 2.24) is 0 Å². The number of fused-ring (bicyclic) bond motifs is 1. The van der Waals surface area contributed by atoms with Crippen molar-refractivity contribution < 1.29 is 4.74 Å². The Bertz CT molecular complexity index is 314. The molecule has 0 saturated carbocycles. The van der Waals surface area contributed by atoms with Crippen LogP contribution in [0.15, 0.2) is 18.2 Å². The lowest BCUT2D eigenvalue weighted by atomic mass is 10.1. The highest BCUT2D eigenvalue weighted by molar-refractivity contribution is 6.30. The van der Waals surface area contributed by atoms with Crippen molar-refractivity contribution >= 4 is 11.6 Å². The van der Waals surface area contributed by atoms with Gasteiger partial charge in [-0.3, -0.25) is 0 Å². The van der Waals surface area contributed by atoms with Gasteiger partial charge in [0.2, 0.25) is 0 Å². The molecule has 0 bridgehead atoms. The molecule has 2 N–H and O–H groups in total. The van der Waals surface area contributed by atoms with E-state index in [-0.39, 0.29) is 6.10 Å². The lowest BCUT2D eigenvalue weighted by molar-refractivity contribution is 0.224. The molecule has 0 fully saturated rings. The molecule has 0 radical (unpaired) electrons. The molecule has 13 heavy (non-hydrogen) atoms. The van der Waals surface area contributed by atoms with Gasteiger partial charge in [-0.1, -0.05) is 17.7 Å². The van der Waals surface area contributed by atoms with Crippen molar-refractivity contribution in [2.45, 2.75) is 18.9 Å². The van der Waals surface area contributed by atoms with E-state index in [0.29, 0.717) is 6.54 Å². The molecule has 0 aliphatic carbocycles. The van der Waals surface area contributed by atoms with Crippen LogP contribution in [0, 0.1) is 0 Å². The van der Waals surface area contributed by atoms with Gasteiger partial charge >= 0.3 is 0 Å². The second kappa shape index (κ2) is 3.56. The van der Waals surface area contributed by atoms with Crippen LogP contribution < -0.4 is 10.5 Å². The highest BCUT2D eigenvalue weighted by Gasteiger charge is 2.21. The van der Waals surface area contributed by atoms with E-state index in [1.807, 2.05) is 18.2 Å². The summed E-state index contributed by atoms with van der Waals surface area (Å²) in [5, 5.41) is 0.729. The van der Waals surface area contributed by atoms with E-state index < -0.39 is 0 Å². The van der Waals surface area contributed by atoms with Crippen molar-refractivity contribution in [1.29, 1.82) is 0 Å². The van der Waals surface area contributed by atoms with Crippen LogP contribution in [0.4, 0.5) is 0 Å². The van der Waals surface area contributed by atoms with E-state index in [1.165, 1.54) is 5.56 Å². The van der Waals surface area contributed by atoms with Gasteiger partial charge in [0, 0.05) is 11.4 Å². The number of rotatable bonds is 2. The number of hydrogen-bond donors (Lipinski definition) is 1. The molecule has 0 amide bonds. The zero-order chi connectivity index (χ0) is 9.26. The SMILES string of the molecule is NCCC1Cc2ccc(Cl)cc2O1. The fourth-order valence-corrected chi connectivity index (χ4v) is 1.78. The molecular formula is C10H12ClNO. The first-order valence-corrected chi connectivity index (χ1v) is 4.82. The summed E-state index contributed by atoms with van der Waals surface area (Å²) in [7, 11) is 0. The van der Waals surface area contributed by atoms with Gasteiger partial charge in [-0.05, 0) is 30.7 Å². The summed E-state index contributed by atoms with van der Waals surface area (Å²) in [6, 6.07) is 5.79. The monoisotopic (exact) mass is 197 g/mol. The summed E-state index contributed by atoms with van der Waals surface area (Å²) in [5.41, 5.74) is 6.71. The van der Waals surface area contributed by atoms with Crippen LogP contribution >= 0.6 is 11.6 Å². The van der Waals surface area contributed by atoms with E-state index in [0.717, 1.165) is 23.6 Å². The minimum Gasteiger partial charge on any atom is -0.490 e. The Hall–Kier alpha value is -0.730. The molecule has 0 saturated heterocycles. The Morgan fingerprint density at radius 2 is 2.38 bits per heavy atom. The van der Waals surface area contributed by atoms with Gasteiger partial charge < -0.3 is 10.5 Å². The molecule has 1 aliphatic heterocycles. The van der Waals surface area contributed by atoms with Crippen LogP contribution in [0.3, 0.4) is 0 Å². The molecule has 0 spiro atoms. The quantitative estimate of drug-likeness (QED) is 0.787. The van der Waals surface area contributed by atoms with Crippen molar-refractivity contribution in [2.75, 3.05) is 6.54 Å². The molecule has 1 heterocycles. The standard InChI is InChI=1S/C10H12ClNO/c11-8-2-1-7-5-9(3-4-12)13-10(7)6-8/h1-2,6,9H,3-5,12H2. The summed E-state index contributed by atoms with van der Waals surface area (Å²) in [6.45, 7) is 0.673. The van der Waals surface area contributed by atoms with E-state index in [9.17, 15) is 0 Å². The Labute approximate surface area is 82.6 Å². The third-order valence-electron chi connectivity index (χ3n) is 2.26. The predicted molar refractivity (Wildman–Crippen MR) is 53.2 cm³/mol. The first-order chi connectivity index (χ1) is 6.29. The summed E-state index contributed by atoms with van der Waals surface area (Å²) in [6.07, 6.45) is 2.12. The molecule has 1 aromatic rings. The van der Waals surface area contributed by atoms with Crippen molar-refractivity contribution in [3.63, 3.8) is 0 Å². The molecule has 2 nitrogen and oxygen atoms in total. The maximum atomic E-state index is 5.84. The lowest BCUT2D eigenvalue weighted by Crippen LogP contribution is -2.17. The largest absolute Gasteiger partial charge is 0.490 e. The van der Waals surface area contributed by atoms with Gasteiger partial charge in [-0.2, -0.15) is 0 Å². The first kappa shape index (κ1) is 8.85. The molecule has 1 unspecified atom stereocenters. The van der Waals surface area contributed by atoms with Crippen LogP contribution in [0.5, 0.6) is 5.75 Å². The van der Waals surface area contributed by atoms with Gasteiger partial charge in [0.1, 0.15) is 11.9 Å². The number of halogens is 1. The fourth-order valence-electron chi connectivity index (χ4n) is 1.62. The predicted octanol–water partition coefficient (Wildman–Crippen LogP) is 1.99. The molecule has 2 rings (SSSR count). The van der Waals surface area contributed by atoms with E-state index in [2.05, 4.69) is 0 Å². The Morgan fingerprint density at radius 3 is 3.15 bits per heavy atom. The normalized spacial score (nSPS) is 19.7. The Balaban J connectivity index is 2.16. The molecule has 3 heteroatoms. The van der Waals surface area contributed by atoms with Gasteiger partial charge in [0.15, 0.2) is 0 Å². The third kappa shape index (κ3) is 1.79. The molecule has 1 atom stereocenters. The van der Waals surface area contributed by atoms with Gasteiger partial charge in [0.05, 0.1) is 0 Å². The molecule has 0 aromatic heterocycles. The Morgan fingerprint density at radius 1 is 1.54 bits per heavy atom. The van der Waals surface area contributed by atoms with Crippen molar-refractivity contribution in [3.05, 3.63) is 28.8 Å². The maximum absolute atomic E-state index is 5.84. The van der Waals surface area contributed by atoms with Gasteiger partial charge in [-0.15, -0.1) is 0 Å². The summed E-state index contributed by atoms with van der Waals surface area (Å²) in [4.78, 5) is 0. The zero-order valence-electron chi connectivity index (χ0n) is 7.29. The minimum atomic E-state index is 0.249. The Kier molecular flexibility index (Phi) is 2.42. The molecule has 1 aliphatic rings. The van der Waals surface area contributed by atoms with E-state index in [4.69, 9.17) is 22.1 Å². The third-order valence-corrected chi connectivity index (χ3v) is 2.49. The van der Waals surface area contributed by atoms with Crippen LogP contribution in [0.2, 0.25) is 5.02 Å². The summed E-state index contributed by atoms with van der Waals surface area (Å²) >= 11 is 5.84. The lowest BCUT2D eigenvalue weighted by Gasteiger charge is -2.07. The van der Waals surface area contributed by atoms with Crippen molar-refractivity contribution in [3.8, 4) is 5.75 Å². The minimum absolute atomic E-state index is 0.249. The summed E-state index contributed by atoms with van der Waals surface area (Å²) < 4.78 is 5.66. The smallest absolute Gasteiger partial charge is 0.124 e.